The lowest BCUT2D eigenvalue weighted by atomic mass is 10.1. The summed E-state index contributed by atoms with van der Waals surface area (Å²) in [4.78, 5) is 0. The van der Waals surface area contributed by atoms with E-state index in [9.17, 15) is 4.21 Å². The van der Waals surface area contributed by atoms with E-state index >= 15 is 0 Å². The monoisotopic (exact) mass is 260 g/mol. The Hall–Kier alpha value is -1.91. The van der Waals surface area contributed by atoms with Crippen LogP contribution in [0, 0.1) is 0 Å². The van der Waals surface area contributed by atoms with Crippen molar-refractivity contribution in [2.45, 2.75) is 0 Å². The second kappa shape index (κ2) is 6.14. The van der Waals surface area contributed by atoms with E-state index in [1.807, 2.05) is 54.6 Å². The number of benzene rings is 2. The van der Waals surface area contributed by atoms with Gasteiger partial charge in [-0.2, -0.15) is 4.21 Å². The summed E-state index contributed by atoms with van der Waals surface area (Å²) in [6.45, 7) is 0. The number of hydrogen-bond donors (Lipinski definition) is 1. The first-order valence-electron chi connectivity index (χ1n) is 5.37. The highest BCUT2D eigenvalue weighted by atomic mass is 32.2. The molecule has 2 aromatic carbocycles. The third kappa shape index (κ3) is 3.55. The Kier molecular flexibility index (Phi) is 4.28. The molecule has 0 aliphatic rings. The number of rotatable bonds is 4. The van der Waals surface area contributed by atoms with Crippen LogP contribution in [-0.2, 0) is 11.4 Å². The van der Waals surface area contributed by atoms with Crippen molar-refractivity contribution in [1.82, 2.24) is 0 Å². The Balaban J connectivity index is 2.23. The Morgan fingerprint density at radius 1 is 0.944 bits per heavy atom. The first-order valence-corrected chi connectivity index (χ1v) is 6.40. The lowest BCUT2D eigenvalue weighted by Crippen LogP contribution is -1.98. The van der Waals surface area contributed by atoms with Crippen molar-refractivity contribution in [3.63, 3.8) is 0 Å². The Morgan fingerprint density at radius 2 is 1.61 bits per heavy atom. The summed E-state index contributed by atoms with van der Waals surface area (Å²) < 4.78 is 24.2. The van der Waals surface area contributed by atoms with Crippen LogP contribution in [0.5, 0.6) is 5.75 Å². The van der Waals surface area contributed by atoms with Gasteiger partial charge in [-0.05, 0) is 11.6 Å². The second-order valence-electron chi connectivity index (χ2n) is 3.58. The van der Waals surface area contributed by atoms with E-state index < -0.39 is 11.4 Å². The van der Waals surface area contributed by atoms with E-state index in [4.69, 9.17) is 8.74 Å². The molecule has 3 nitrogen and oxygen atoms in total. The SMILES string of the molecule is O=S(O)Oc1ccccc1C=Cc1ccccc1. The number of hydrogen-bond acceptors (Lipinski definition) is 2. The highest BCUT2D eigenvalue weighted by Gasteiger charge is 2.02. The molecule has 18 heavy (non-hydrogen) atoms. The second-order valence-corrected chi connectivity index (χ2v) is 4.18. The quantitative estimate of drug-likeness (QED) is 0.677. The van der Waals surface area contributed by atoms with Crippen molar-refractivity contribution >= 4 is 23.5 Å². The maximum Gasteiger partial charge on any atom is 0.357 e. The van der Waals surface area contributed by atoms with Crippen molar-refractivity contribution in [3.8, 4) is 5.75 Å². The molecule has 0 aliphatic carbocycles. The van der Waals surface area contributed by atoms with Crippen LogP contribution in [0.3, 0.4) is 0 Å². The molecule has 0 radical (unpaired) electrons. The van der Waals surface area contributed by atoms with Gasteiger partial charge in [0.05, 0.1) is 0 Å². The minimum Gasteiger partial charge on any atom is -0.379 e. The molecule has 0 bridgehead atoms. The fourth-order valence-corrected chi connectivity index (χ4v) is 1.83. The number of para-hydroxylation sites is 1. The summed E-state index contributed by atoms with van der Waals surface area (Å²) in [6.07, 6.45) is 3.76. The van der Waals surface area contributed by atoms with Gasteiger partial charge in [0, 0.05) is 5.56 Å². The minimum atomic E-state index is -2.31. The highest BCUT2D eigenvalue weighted by Crippen LogP contribution is 2.21. The Labute approximate surface area is 108 Å². The lowest BCUT2D eigenvalue weighted by molar-refractivity contribution is 0.457. The predicted octanol–water partition coefficient (Wildman–Crippen LogP) is 3.37. The summed E-state index contributed by atoms with van der Waals surface area (Å²) in [5, 5.41) is 0. The van der Waals surface area contributed by atoms with Crippen LogP contribution in [0.4, 0.5) is 0 Å². The molecule has 1 N–H and O–H groups in total. The van der Waals surface area contributed by atoms with Gasteiger partial charge in [-0.25, -0.2) is 0 Å². The van der Waals surface area contributed by atoms with Gasteiger partial charge in [-0.1, -0.05) is 60.7 Å². The average molecular weight is 260 g/mol. The average Bonchev–Trinajstić information content (AvgIpc) is 2.38. The third-order valence-corrected chi connectivity index (χ3v) is 2.66. The molecule has 1 atom stereocenters. The van der Waals surface area contributed by atoms with Crippen LogP contribution in [-0.4, -0.2) is 8.76 Å². The van der Waals surface area contributed by atoms with E-state index in [-0.39, 0.29) is 0 Å². The normalized spacial score (nSPS) is 12.5. The first kappa shape index (κ1) is 12.5. The van der Waals surface area contributed by atoms with Crippen molar-refractivity contribution in [3.05, 3.63) is 65.7 Å². The van der Waals surface area contributed by atoms with E-state index in [0.29, 0.717) is 5.75 Å². The van der Waals surface area contributed by atoms with Gasteiger partial charge >= 0.3 is 11.4 Å². The van der Waals surface area contributed by atoms with Crippen LogP contribution in [0.25, 0.3) is 12.2 Å². The van der Waals surface area contributed by atoms with Crippen molar-refractivity contribution in [2.75, 3.05) is 0 Å². The molecule has 0 saturated carbocycles. The van der Waals surface area contributed by atoms with Crippen LogP contribution >= 0.6 is 0 Å². The summed E-state index contributed by atoms with van der Waals surface area (Å²) in [7, 11) is 0. The van der Waals surface area contributed by atoms with Crippen molar-refractivity contribution in [1.29, 1.82) is 0 Å². The van der Waals surface area contributed by atoms with Crippen molar-refractivity contribution in [2.24, 2.45) is 0 Å². The van der Waals surface area contributed by atoms with Gasteiger partial charge in [-0.3, -0.25) is 4.55 Å². The maximum atomic E-state index is 10.7. The maximum absolute atomic E-state index is 10.7. The van der Waals surface area contributed by atoms with E-state index in [2.05, 4.69) is 0 Å². The molecule has 0 heterocycles. The first-order chi connectivity index (χ1) is 8.75. The molecular formula is C14H12O3S. The van der Waals surface area contributed by atoms with Gasteiger partial charge in [0.2, 0.25) is 0 Å². The Bertz CT molecular complexity index is 564. The third-order valence-electron chi connectivity index (χ3n) is 2.33. The topological polar surface area (TPSA) is 46.5 Å². The van der Waals surface area contributed by atoms with E-state index in [1.165, 1.54) is 0 Å². The zero-order chi connectivity index (χ0) is 12.8. The highest BCUT2D eigenvalue weighted by molar-refractivity contribution is 7.74. The van der Waals surface area contributed by atoms with Crippen LogP contribution in [0.15, 0.2) is 54.6 Å². The van der Waals surface area contributed by atoms with Crippen LogP contribution < -0.4 is 4.18 Å². The molecule has 0 fully saturated rings. The molecule has 0 spiro atoms. The molecule has 1 unspecified atom stereocenters. The summed E-state index contributed by atoms with van der Waals surface area (Å²) in [5.41, 5.74) is 1.81. The summed E-state index contributed by atoms with van der Waals surface area (Å²) in [6, 6.07) is 16.9. The van der Waals surface area contributed by atoms with Gasteiger partial charge in [-0.15, -0.1) is 0 Å². The van der Waals surface area contributed by atoms with Gasteiger partial charge in [0.25, 0.3) is 0 Å². The lowest BCUT2D eigenvalue weighted by Gasteiger charge is -2.03. The molecule has 0 aliphatic heterocycles. The fraction of sp³-hybridized carbons (Fsp3) is 0. The molecule has 4 heteroatoms. The van der Waals surface area contributed by atoms with Crippen LogP contribution in [0.1, 0.15) is 11.1 Å². The standard InChI is InChI=1S/C14H12O3S/c15-18(16)17-14-9-5-4-8-13(14)11-10-12-6-2-1-3-7-12/h1-11H,(H,15,16). The van der Waals surface area contributed by atoms with Crippen molar-refractivity contribution < 1.29 is 12.9 Å². The molecule has 0 amide bonds. The molecule has 0 saturated heterocycles. The molecule has 2 aromatic rings. The predicted molar refractivity (Wildman–Crippen MR) is 73.2 cm³/mol. The zero-order valence-electron chi connectivity index (χ0n) is 9.52. The van der Waals surface area contributed by atoms with Gasteiger partial charge in [0.15, 0.2) is 0 Å². The Morgan fingerprint density at radius 3 is 2.33 bits per heavy atom. The van der Waals surface area contributed by atoms with E-state index in [1.54, 1.807) is 12.1 Å². The van der Waals surface area contributed by atoms with Gasteiger partial charge in [0.1, 0.15) is 5.75 Å². The fourth-order valence-electron chi connectivity index (χ4n) is 1.52. The summed E-state index contributed by atoms with van der Waals surface area (Å²) in [5.74, 6) is 0.380. The molecule has 0 aromatic heterocycles. The smallest absolute Gasteiger partial charge is 0.357 e. The zero-order valence-corrected chi connectivity index (χ0v) is 10.3. The summed E-state index contributed by atoms with van der Waals surface area (Å²) >= 11 is -2.31. The minimum absolute atomic E-state index is 0.380. The largest absolute Gasteiger partial charge is 0.379 e. The van der Waals surface area contributed by atoms with Crippen LogP contribution in [0.2, 0.25) is 0 Å². The van der Waals surface area contributed by atoms with Gasteiger partial charge < -0.3 is 4.18 Å². The van der Waals surface area contributed by atoms with E-state index in [0.717, 1.165) is 11.1 Å². The molecule has 92 valence electrons. The molecular weight excluding hydrogens is 248 g/mol. The molecule has 2 rings (SSSR count).